The first-order chi connectivity index (χ1) is 6.83. The van der Waals surface area contributed by atoms with Crippen LogP contribution in [-0.2, 0) is 0 Å². The molecule has 0 amide bonds. The smallest absolute Gasteiger partial charge is 0.00495 e. The molecule has 84 valence electrons. The number of nitrogens with one attached hydrogen (secondary N) is 1. The van der Waals surface area contributed by atoms with Crippen molar-refractivity contribution in [2.75, 3.05) is 19.3 Å². The molecule has 1 N–H and O–H groups in total. The molecule has 1 rings (SSSR count). The third-order valence-corrected chi connectivity index (χ3v) is 4.49. The highest BCUT2D eigenvalue weighted by Crippen LogP contribution is 2.32. The predicted octanol–water partition coefficient (Wildman–Crippen LogP) is 3.30. The zero-order valence-corrected chi connectivity index (χ0v) is 10.5. The molecule has 0 heterocycles. The fraction of sp³-hybridized carbons (Fsp3) is 1.00. The summed E-state index contributed by atoms with van der Waals surface area (Å²) in [5.74, 6) is 2.36. The lowest BCUT2D eigenvalue weighted by atomic mass is 9.91. The molecule has 2 heteroatoms. The van der Waals surface area contributed by atoms with Gasteiger partial charge in [0.05, 0.1) is 0 Å². The minimum atomic E-state index is 0.980. The molecule has 1 aliphatic carbocycles. The van der Waals surface area contributed by atoms with Crippen LogP contribution in [0.4, 0.5) is 0 Å². The second-order valence-electron chi connectivity index (χ2n) is 4.58. The van der Waals surface area contributed by atoms with Gasteiger partial charge in [-0.3, -0.25) is 0 Å². The van der Waals surface area contributed by atoms with Crippen molar-refractivity contribution in [1.29, 1.82) is 0 Å². The summed E-state index contributed by atoms with van der Waals surface area (Å²) in [6.45, 7) is 3.59. The van der Waals surface area contributed by atoms with E-state index >= 15 is 0 Å². The molecule has 0 aromatic heterocycles. The van der Waals surface area contributed by atoms with Crippen molar-refractivity contribution in [1.82, 2.24) is 5.32 Å². The summed E-state index contributed by atoms with van der Waals surface area (Å²) in [7, 11) is 2.04. The molecule has 0 radical (unpaired) electrons. The largest absolute Gasteiger partial charge is 0.320 e. The van der Waals surface area contributed by atoms with Gasteiger partial charge in [-0.1, -0.05) is 19.8 Å². The Morgan fingerprint density at radius 3 is 2.86 bits per heavy atom. The molecule has 1 saturated carbocycles. The van der Waals surface area contributed by atoms with E-state index in [1.807, 2.05) is 7.05 Å². The fourth-order valence-corrected chi connectivity index (χ4v) is 3.69. The molecule has 0 aromatic rings. The Balaban J connectivity index is 1.95. The molecule has 1 fully saturated rings. The Kier molecular flexibility index (Phi) is 6.70. The average Bonchev–Trinajstić information content (AvgIpc) is 2.18. The second kappa shape index (κ2) is 7.58. The van der Waals surface area contributed by atoms with Crippen LogP contribution < -0.4 is 5.32 Å². The molecule has 1 nitrogen and oxygen atoms in total. The fourth-order valence-electron chi connectivity index (χ4n) is 2.18. The van der Waals surface area contributed by atoms with Gasteiger partial charge in [0.1, 0.15) is 0 Å². The van der Waals surface area contributed by atoms with Crippen LogP contribution in [0.5, 0.6) is 0 Å². The van der Waals surface area contributed by atoms with Crippen molar-refractivity contribution in [3.05, 3.63) is 0 Å². The predicted molar refractivity (Wildman–Crippen MR) is 67.0 cm³/mol. The molecule has 2 unspecified atom stereocenters. The Morgan fingerprint density at radius 1 is 1.29 bits per heavy atom. The molecule has 1 aliphatic rings. The van der Waals surface area contributed by atoms with Crippen molar-refractivity contribution >= 4 is 11.8 Å². The molecular weight excluding hydrogens is 190 g/mol. The van der Waals surface area contributed by atoms with Crippen LogP contribution in [0.2, 0.25) is 0 Å². The van der Waals surface area contributed by atoms with E-state index in [-0.39, 0.29) is 0 Å². The van der Waals surface area contributed by atoms with E-state index in [0.29, 0.717) is 0 Å². The highest BCUT2D eigenvalue weighted by atomic mass is 32.2. The third kappa shape index (κ3) is 5.26. The number of unbranched alkanes of at least 4 members (excludes halogenated alkanes) is 1. The average molecular weight is 215 g/mol. The molecule has 0 spiro atoms. The SMILES string of the molecule is CNCCCCSC1CCCC(C)C1. The van der Waals surface area contributed by atoms with Gasteiger partial charge in [-0.2, -0.15) is 11.8 Å². The summed E-state index contributed by atoms with van der Waals surface area (Å²) in [4.78, 5) is 0. The van der Waals surface area contributed by atoms with E-state index in [1.54, 1.807) is 0 Å². The number of thioether (sulfide) groups is 1. The van der Waals surface area contributed by atoms with Gasteiger partial charge in [0.25, 0.3) is 0 Å². The lowest BCUT2D eigenvalue weighted by Gasteiger charge is -2.26. The molecule has 0 aliphatic heterocycles. The maximum absolute atomic E-state index is 3.20. The van der Waals surface area contributed by atoms with Gasteiger partial charge in [0.15, 0.2) is 0 Å². The van der Waals surface area contributed by atoms with Gasteiger partial charge in [0.2, 0.25) is 0 Å². The second-order valence-corrected chi connectivity index (χ2v) is 5.98. The van der Waals surface area contributed by atoms with E-state index in [2.05, 4.69) is 24.0 Å². The van der Waals surface area contributed by atoms with Crippen molar-refractivity contribution in [2.45, 2.75) is 50.7 Å². The highest BCUT2D eigenvalue weighted by Gasteiger charge is 2.18. The first kappa shape index (κ1) is 12.4. The molecular formula is C12H25NS. The maximum Gasteiger partial charge on any atom is 0.00495 e. The van der Waals surface area contributed by atoms with Gasteiger partial charge in [0, 0.05) is 5.25 Å². The summed E-state index contributed by atoms with van der Waals surface area (Å²) in [5.41, 5.74) is 0. The van der Waals surface area contributed by atoms with Crippen molar-refractivity contribution < 1.29 is 0 Å². The van der Waals surface area contributed by atoms with Crippen LogP contribution in [0.3, 0.4) is 0 Å². The Labute approximate surface area is 93.4 Å². The standard InChI is InChI=1S/C12H25NS/c1-11-6-5-7-12(10-11)14-9-4-3-8-13-2/h11-13H,3-10H2,1-2H3. The zero-order valence-electron chi connectivity index (χ0n) is 9.72. The van der Waals surface area contributed by atoms with Crippen LogP contribution in [0.25, 0.3) is 0 Å². The van der Waals surface area contributed by atoms with E-state index in [1.165, 1.54) is 50.8 Å². The molecule has 0 bridgehead atoms. The lowest BCUT2D eigenvalue weighted by Crippen LogP contribution is -2.15. The highest BCUT2D eigenvalue weighted by molar-refractivity contribution is 7.99. The maximum atomic E-state index is 3.20. The Bertz CT molecular complexity index is 138. The summed E-state index contributed by atoms with van der Waals surface area (Å²) >= 11 is 2.22. The number of hydrogen-bond acceptors (Lipinski definition) is 2. The minimum absolute atomic E-state index is 0.980. The van der Waals surface area contributed by atoms with Crippen LogP contribution in [0, 0.1) is 5.92 Å². The molecule has 0 aromatic carbocycles. The number of hydrogen-bond donors (Lipinski definition) is 1. The van der Waals surface area contributed by atoms with Gasteiger partial charge in [-0.25, -0.2) is 0 Å². The van der Waals surface area contributed by atoms with Gasteiger partial charge in [-0.05, 0) is 50.9 Å². The van der Waals surface area contributed by atoms with E-state index in [9.17, 15) is 0 Å². The topological polar surface area (TPSA) is 12.0 Å². The summed E-state index contributed by atoms with van der Waals surface area (Å²) in [5, 5.41) is 4.18. The minimum Gasteiger partial charge on any atom is -0.320 e. The van der Waals surface area contributed by atoms with Gasteiger partial charge in [-0.15, -0.1) is 0 Å². The lowest BCUT2D eigenvalue weighted by molar-refractivity contribution is 0.394. The van der Waals surface area contributed by atoms with Crippen molar-refractivity contribution in [2.24, 2.45) is 5.92 Å². The van der Waals surface area contributed by atoms with Gasteiger partial charge < -0.3 is 5.32 Å². The van der Waals surface area contributed by atoms with Crippen LogP contribution in [0.1, 0.15) is 45.4 Å². The van der Waals surface area contributed by atoms with Crippen LogP contribution >= 0.6 is 11.8 Å². The Hall–Kier alpha value is 0.310. The summed E-state index contributed by atoms with van der Waals surface area (Å²) < 4.78 is 0. The third-order valence-electron chi connectivity index (χ3n) is 3.06. The van der Waals surface area contributed by atoms with E-state index < -0.39 is 0 Å². The summed E-state index contributed by atoms with van der Waals surface area (Å²) in [6, 6.07) is 0. The van der Waals surface area contributed by atoms with Gasteiger partial charge >= 0.3 is 0 Å². The number of rotatable bonds is 6. The first-order valence-corrected chi connectivity index (χ1v) is 7.14. The van der Waals surface area contributed by atoms with Crippen molar-refractivity contribution in [3.63, 3.8) is 0 Å². The van der Waals surface area contributed by atoms with Crippen molar-refractivity contribution in [3.8, 4) is 0 Å². The molecule has 0 saturated heterocycles. The summed E-state index contributed by atoms with van der Waals surface area (Å²) in [6.07, 6.45) is 8.60. The van der Waals surface area contributed by atoms with Crippen LogP contribution in [0.15, 0.2) is 0 Å². The first-order valence-electron chi connectivity index (χ1n) is 6.09. The van der Waals surface area contributed by atoms with Crippen LogP contribution in [-0.4, -0.2) is 24.6 Å². The monoisotopic (exact) mass is 215 g/mol. The normalized spacial score (nSPS) is 27.9. The van der Waals surface area contributed by atoms with E-state index in [0.717, 1.165) is 11.2 Å². The molecule has 2 atom stereocenters. The quantitative estimate of drug-likeness (QED) is 0.682. The Morgan fingerprint density at radius 2 is 2.14 bits per heavy atom. The molecule has 14 heavy (non-hydrogen) atoms. The van der Waals surface area contributed by atoms with E-state index in [4.69, 9.17) is 0 Å². The zero-order chi connectivity index (χ0) is 10.2.